The summed E-state index contributed by atoms with van der Waals surface area (Å²) >= 11 is 6.17. The lowest BCUT2D eigenvalue weighted by molar-refractivity contribution is -0.134. The first-order valence-electron chi connectivity index (χ1n) is 11.1. The van der Waals surface area contributed by atoms with Gasteiger partial charge in [0.2, 0.25) is 11.8 Å². The number of nitrogens with one attached hydrogen (secondary N) is 2. The van der Waals surface area contributed by atoms with Crippen molar-refractivity contribution < 1.29 is 14.4 Å². The third-order valence-electron chi connectivity index (χ3n) is 5.42. The van der Waals surface area contributed by atoms with E-state index >= 15 is 0 Å². The normalized spacial score (nSPS) is 16.2. The number of benzene rings is 1. The molecule has 0 saturated carbocycles. The largest absolute Gasteiger partial charge is 0.354 e. The molecule has 1 aromatic rings. The van der Waals surface area contributed by atoms with Crippen molar-refractivity contribution in [2.75, 3.05) is 19.6 Å². The van der Waals surface area contributed by atoms with Gasteiger partial charge in [0.25, 0.3) is 5.91 Å². The van der Waals surface area contributed by atoms with Crippen LogP contribution in [0, 0.1) is 17.3 Å². The van der Waals surface area contributed by atoms with E-state index in [9.17, 15) is 14.4 Å². The Morgan fingerprint density at radius 2 is 1.74 bits per heavy atom. The summed E-state index contributed by atoms with van der Waals surface area (Å²) in [7, 11) is 0. The van der Waals surface area contributed by atoms with E-state index in [0.29, 0.717) is 55.4 Å². The summed E-state index contributed by atoms with van der Waals surface area (Å²) < 4.78 is 0. The van der Waals surface area contributed by atoms with Crippen LogP contribution in [0.5, 0.6) is 0 Å². The molecule has 0 bridgehead atoms. The zero-order valence-electron chi connectivity index (χ0n) is 19.3. The molecule has 1 aromatic carbocycles. The van der Waals surface area contributed by atoms with E-state index in [-0.39, 0.29) is 29.1 Å². The Balaban J connectivity index is 2.09. The number of likely N-dealkylation sites (tertiary alicyclic amines) is 1. The van der Waals surface area contributed by atoms with E-state index in [0.717, 1.165) is 0 Å². The highest BCUT2D eigenvalue weighted by atomic mass is 35.5. The second kappa shape index (κ2) is 11.0. The SMILES string of the molecule is CC(C)CNC(=O)C(NC(=O)c1ccccc1Cl)C1CCN(C(=O)CC(C)(C)C)CC1. The minimum Gasteiger partial charge on any atom is -0.354 e. The van der Waals surface area contributed by atoms with Gasteiger partial charge in [0.05, 0.1) is 10.6 Å². The van der Waals surface area contributed by atoms with E-state index < -0.39 is 6.04 Å². The van der Waals surface area contributed by atoms with E-state index in [4.69, 9.17) is 11.6 Å². The van der Waals surface area contributed by atoms with Gasteiger partial charge in [-0.05, 0) is 42.2 Å². The van der Waals surface area contributed by atoms with Gasteiger partial charge in [-0.15, -0.1) is 0 Å². The Hall–Kier alpha value is -2.08. The second-order valence-electron chi connectivity index (χ2n) is 10.0. The number of amides is 3. The lowest BCUT2D eigenvalue weighted by Gasteiger charge is -2.37. The van der Waals surface area contributed by atoms with Crippen LogP contribution in [-0.2, 0) is 9.59 Å². The molecule has 0 radical (unpaired) electrons. The van der Waals surface area contributed by atoms with Gasteiger partial charge in [0.1, 0.15) is 6.04 Å². The molecule has 1 unspecified atom stereocenters. The van der Waals surface area contributed by atoms with Crippen molar-refractivity contribution >= 4 is 29.3 Å². The number of rotatable bonds is 7. The molecular formula is C24H36ClN3O3. The molecule has 0 spiro atoms. The van der Waals surface area contributed by atoms with Gasteiger partial charge >= 0.3 is 0 Å². The van der Waals surface area contributed by atoms with Gasteiger partial charge in [0.15, 0.2) is 0 Å². The van der Waals surface area contributed by atoms with Crippen molar-refractivity contribution in [1.29, 1.82) is 0 Å². The monoisotopic (exact) mass is 449 g/mol. The molecule has 2 N–H and O–H groups in total. The van der Waals surface area contributed by atoms with Crippen molar-refractivity contribution in [3.05, 3.63) is 34.9 Å². The van der Waals surface area contributed by atoms with Gasteiger partial charge in [0, 0.05) is 26.1 Å². The topological polar surface area (TPSA) is 78.5 Å². The second-order valence-corrected chi connectivity index (χ2v) is 10.4. The first kappa shape index (κ1) is 25.2. The highest BCUT2D eigenvalue weighted by Gasteiger charge is 2.34. The number of nitrogens with zero attached hydrogens (tertiary/aromatic N) is 1. The third kappa shape index (κ3) is 7.84. The fourth-order valence-electron chi connectivity index (χ4n) is 3.72. The molecule has 1 heterocycles. The summed E-state index contributed by atoms with van der Waals surface area (Å²) in [5.41, 5.74) is 0.291. The molecule has 1 fully saturated rings. The van der Waals surface area contributed by atoms with Crippen LogP contribution in [0.4, 0.5) is 0 Å². The predicted molar refractivity (Wildman–Crippen MR) is 124 cm³/mol. The Labute approximate surface area is 191 Å². The quantitative estimate of drug-likeness (QED) is 0.662. The van der Waals surface area contributed by atoms with Gasteiger partial charge in [-0.25, -0.2) is 0 Å². The summed E-state index contributed by atoms with van der Waals surface area (Å²) in [6.07, 6.45) is 1.83. The molecule has 172 valence electrons. The molecule has 0 aromatic heterocycles. The van der Waals surface area contributed by atoms with Crippen molar-refractivity contribution in [1.82, 2.24) is 15.5 Å². The van der Waals surface area contributed by atoms with Crippen LogP contribution in [0.15, 0.2) is 24.3 Å². The first-order chi connectivity index (χ1) is 14.5. The molecule has 31 heavy (non-hydrogen) atoms. The molecule has 3 amide bonds. The number of halogens is 1. The Bertz CT molecular complexity index is 781. The molecule has 7 heteroatoms. The van der Waals surface area contributed by atoms with E-state index in [1.807, 2.05) is 18.7 Å². The van der Waals surface area contributed by atoms with Crippen LogP contribution in [-0.4, -0.2) is 48.3 Å². The molecule has 6 nitrogen and oxygen atoms in total. The van der Waals surface area contributed by atoms with E-state index in [2.05, 4.69) is 31.4 Å². The van der Waals surface area contributed by atoms with Gasteiger partial charge in [-0.3, -0.25) is 14.4 Å². The smallest absolute Gasteiger partial charge is 0.253 e. The fourth-order valence-corrected chi connectivity index (χ4v) is 3.95. The van der Waals surface area contributed by atoms with Crippen molar-refractivity contribution in [2.24, 2.45) is 17.3 Å². The Morgan fingerprint density at radius 1 is 1.13 bits per heavy atom. The minimum absolute atomic E-state index is 0.0442. The summed E-state index contributed by atoms with van der Waals surface area (Å²) in [6.45, 7) is 11.9. The van der Waals surface area contributed by atoms with Crippen molar-refractivity contribution in [3.8, 4) is 0 Å². The lowest BCUT2D eigenvalue weighted by atomic mass is 9.87. The fraction of sp³-hybridized carbons (Fsp3) is 0.625. The molecule has 1 aliphatic rings. The number of piperidine rings is 1. The van der Waals surface area contributed by atoms with Gasteiger partial charge < -0.3 is 15.5 Å². The Kier molecular flexibility index (Phi) is 8.92. The number of hydrogen-bond acceptors (Lipinski definition) is 3. The Morgan fingerprint density at radius 3 is 2.29 bits per heavy atom. The molecule has 1 atom stereocenters. The maximum atomic E-state index is 13.0. The molecule has 0 aliphatic carbocycles. The van der Waals surface area contributed by atoms with Crippen LogP contribution in [0.25, 0.3) is 0 Å². The lowest BCUT2D eigenvalue weighted by Crippen LogP contribution is -2.54. The zero-order valence-corrected chi connectivity index (χ0v) is 20.1. The highest BCUT2D eigenvalue weighted by Crippen LogP contribution is 2.26. The van der Waals surface area contributed by atoms with Gasteiger partial charge in [-0.1, -0.05) is 58.4 Å². The summed E-state index contributed by atoms with van der Waals surface area (Å²) in [5.74, 6) is -0.139. The maximum Gasteiger partial charge on any atom is 0.253 e. The average molecular weight is 450 g/mol. The zero-order chi connectivity index (χ0) is 23.2. The molecular weight excluding hydrogens is 414 g/mol. The maximum absolute atomic E-state index is 13.0. The van der Waals surface area contributed by atoms with Crippen LogP contribution >= 0.6 is 11.6 Å². The van der Waals surface area contributed by atoms with Crippen LogP contribution in [0.2, 0.25) is 5.02 Å². The van der Waals surface area contributed by atoms with Crippen LogP contribution in [0.1, 0.15) is 64.2 Å². The van der Waals surface area contributed by atoms with Crippen molar-refractivity contribution in [2.45, 2.75) is 59.9 Å². The third-order valence-corrected chi connectivity index (χ3v) is 5.75. The number of carbonyl (C=O) groups excluding carboxylic acids is 3. The standard InChI is InChI=1S/C24H36ClN3O3/c1-16(2)15-26-23(31)21(27-22(30)18-8-6-7-9-19(18)25)17-10-12-28(13-11-17)20(29)14-24(3,4)5/h6-9,16-17,21H,10-15H2,1-5H3,(H,26,31)(H,27,30). The van der Waals surface area contributed by atoms with Gasteiger partial charge in [-0.2, -0.15) is 0 Å². The van der Waals surface area contributed by atoms with Crippen LogP contribution < -0.4 is 10.6 Å². The molecule has 1 saturated heterocycles. The van der Waals surface area contributed by atoms with Crippen molar-refractivity contribution in [3.63, 3.8) is 0 Å². The summed E-state index contributed by atoms with van der Waals surface area (Å²) in [5, 5.41) is 6.21. The van der Waals surface area contributed by atoms with E-state index in [1.54, 1.807) is 24.3 Å². The molecule has 2 rings (SSSR count). The number of hydrogen-bond donors (Lipinski definition) is 2. The first-order valence-corrected chi connectivity index (χ1v) is 11.5. The van der Waals surface area contributed by atoms with Crippen LogP contribution in [0.3, 0.4) is 0 Å². The molecule has 1 aliphatic heterocycles. The summed E-state index contributed by atoms with van der Waals surface area (Å²) in [4.78, 5) is 40.3. The minimum atomic E-state index is -0.664. The summed E-state index contributed by atoms with van der Waals surface area (Å²) in [6, 6.07) is 6.14. The average Bonchev–Trinajstić information content (AvgIpc) is 2.69. The van der Waals surface area contributed by atoms with E-state index in [1.165, 1.54) is 0 Å². The highest BCUT2D eigenvalue weighted by molar-refractivity contribution is 6.33. The number of carbonyl (C=O) groups is 3. The predicted octanol–water partition coefficient (Wildman–Crippen LogP) is 3.89.